The standard InChI is InChI=1S/C26H25N5O/c1-18-7-5-14-28-25(18)30-23-12-4-11-22(29-23)20-9-6-16-31(17-20)26(32)24-21-10-3-2-8-19(21)13-15-27-24/h2-5,7-8,10-15,20H,6,9,16-17H2,1H3,(H,28,29,30)/t20-/m1/s1. The average Bonchev–Trinajstić information content (AvgIpc) is 2.85. The Labute approximate surface area is 187 Å². The minimum atomic E-state index is -0.00936. The maximum absolute atomic E-state index is 13.4. The molecule has 1 amide bonds. The van der Waals surface area contributed by atoms with Gasteiger partial charge in [0, 0.05) is 42.5 Å². The molecule has 4 aromatic rings. The average molecular weight is 424 g/mol. The van der Waals surface area contributed by atoms with Crippen LogP contribution in [0.3, 0.4) is 0 Å². The van der Waals surface area contributed by atoms with E-state index in [9.17, 15) is 4.79 Å². The molecule has 1 aliphatic rings. The number of amides is 1. The van der Waals surface area contributed by atoms with Gasteiger partial charge in [0.15, 0.2) is 0 Å². The summed E-state index contributed by atoms with van der Waals surface area (Å²) < 4.78 is 0. The summed E-state index contributed by atoms with van der Waals surface area (Å²) in [5.41, 5.74) is 2.58. The second-order valence-corrected chi connectivity index (χ2v) is 8.21. The van der Waals surface area contributed by atoms with Gasteiger partial charge in [-0.3, -0.25) is 9.78 Å². The third-order valence-corrected chi connectivity index (χ3v) is 6.03. The number of fused-ring (bicyclic) bond motifs is 1. The molecule has 0 spiro atoms. The molecule has 4 heterocycles. The van der Waals surface area contributed by atoms with E-state index in [0.29, 0.717) is 12.2 Å². The lowest BCUT2D eigenvalue weighted by molar-refractivity contribution is 0.0702. The first-order valence-electron chi connectivity index (χ1n) is 11.0. The number of aryl methyl sites for hydroxylation is 1. The summed E-state index contributed by atoms with van der Waals surface area (Å²) in [5.74, 6) is 1.75. The van der Waals surface area contributed by atoms with Crippen molar-refractivity contribution in [3.63, 3.8) is 0 Å². The van der Waals surface area contributed by atoms with Crippen molar-refractivity contribution in [2.24, 2.45) is 0 Å². The van der Waals surface area contributed by atoms with E-state index in [0.717, 1.165) is 53.1 Å². The van der Waals surface area contributed by atoms with Crippen molar-refractivity contribution in [1.29, 1.82) is 0 Å². The first-order valence-corrected chi connectivity index (χ1v) is 11.0. The van der Waals surface area contributed by atoms with Crippen LogP contribution in [0.1, 0.15) is 40.5 Å². The van der Waals surface area contributed by atoms with E-state index in [-0.39, 0.29) is 11.8 Å². The molecular formula is C26H25N5O. The monoisotopic (exact) mass is 423 g/mol. The predicted octanol–water partition coefficient (Wildman–Crippen LogP) is 5.10. The highest BCUT2D eigenvalue weighted by Crippen LogP contribution is 2.29. The molecule has 1 aromatic carbocycles. The second-order valence-electron chi connectivity index (χ2n) is 8.21. The van der Waals surface area contributed by atoms with Crippen LogP contribution in [0, 0.1) is 6.92 Å². The quantitative estimate of drug-likeness (QED) is 0.495. The first kappa shape index (κ1) is 20.1. The Morgan fingerprint density at radius 2 is 1.91 bits per heavy atom. The van der Waals surface area contributed by atoms with Gasteiger partial charge in [0.05, 0.1) is 0 Å². The van der Waals surface area contributed by atoms with Crippen molar-refractivity contribution in [3.05, 3.63) is 90.0 Å². The largest absolute Gasteiger partial charge is 0.337 e. The van der Waals surface area contributed by atoms with Crippen molar-refractivity contribution >= 4 is 28.3 Å². The summed E-state index contributed by atoms with van der Waals surface area (Å²) in [4.78, 5) is 29.0. The van der Waals surface area contributed by atoms with E-state index in [1.165, 1.54) is 0 Å². The molecule has 0 unspecified atom stereocenters. The Balaban J connectivity index is 1.36. The number of pyridine rings is 3. The van der Waals surface area contributed by atoms with Crippen LogP contribution in [-0.2, 0) is 0 Å². The zero-order chi connectivity index (χ0) is 21.9. The lowest BCUT2D eigenvalue weighted by Crippen LogP contribution is -2.39. The fraction of sp³-hybridized carbons (Fsp3) is 0.231. The van der Waals surface area contributed by atoms with Crippen molar-refractivity contribution in [1.82, 2.24) is 19.9 Å². The molecule has 1 saturated heterocycles. The van der Waals surface area contributed by atoms with Crippen molar-refractivity contribution < 1.29 is 4.79 Å². The number of carbonyl (C=O) groups is 1. The summed E-state index contributed by atoms with van der Waals surface area (Å²) in [7, 11) is 0. The number of hydrogen-bond acceptors (Lipinski definition) is 5. The highest BCUT2D eigenvalue weighted by molar-refractivity contribution is 6.05. The van der Waals surface area contributed by atoms with Gasteiger partial charge in [-0.05, 0) is 55.0 Å². The van der Waals surface area contributed by atoms with E-state index >= 15 is 0 Å². The minimum Gasteiger partial charge on any atom is -0.337 e. The maximum Gasteiger partial charge on any atom is 0.273 e. The van der Waals surface area contributed by atoms with Gasteiger partial charge in [0.25, 0.3) is 5.91 Å². The molecule has 1 N–H and O–H groups in total. The van der Waals surface area contributed by atoms with Gasteiger partial charge < -0.3 is 10.2 Å². The van der Waals surface area contributed by atoms with Crippen LogP contribution < -0.4 is 5.32 Å². The maximum atomic E-state index is 13.4. The number of carbonyl (C=O) groups excluding carboxylic acids is 1. The van der Waals surface area contributed by atoms with Gasteiger partial charge in [0.2, 0.25) is 0 Å². The van der Waals surface area contributed by atoms with Gasteiger partial charge in [-0.1, -0.05) is 36.4 Å². The van der Waals surface area contributed by atoms with Crippen LogP contribution in [0.15, 0.2) is 73.1 Å². The molecule has 0 radical (unpaired) electrons. The molecule has 0 saturated carbocycles. The highest BCUT2D eigenvalue weighted by Gasteiger charge is 2.28. The molecule has 0 aliphatic carbocycles. The Morgan fingerprint density at radius 3 is 2.81 bits per heavy atom. The number of benzene rings is 1. The number of anilines is 2. The molecule has 160 valence electrons. The molecule has 0 bridgehead atoms. The van der Waals surface area contributed by atoms with Crippen LogP contribution in [0.5, 0.6) is 0 Å². The Kier molecular flexibility index (Phi) is 5.50. The van der Waals surface area contributed by atoms with Crippen LogP contribution >= 0.6 is 0 Å². The van der Waals surface area contributed by atoms with Gasteiger partial charge in [0.1, 0.15) is 17.3 Å². The van der Waals surface area contributed by atoms with Gasteiger partial charge in [-0.15, -0.1) is 0 Å². The minimum absolute atomic E-state index is 0.00936. The van der Waals surface area contributed by atoms with Crippen LogP contribution in [0.4, 0.5) is 11.6 Å². The molecule has 1 atom stereocenters. The SMILES string of the molecule is Cc1cccnc1Nc1cccc([C@@H]2CCCN(C(=O)c3nccc4ccccc34)C2)n1. The van der Waals surface area contributed by atoms with E-state index in [4.69, 9.17) is 4.98 Å². The molecule has 1 aliphatic heterocycles. The Hall–Kier alpha value is -3.80. The number of piperidine rings is 1. The molecule has 6 nitrogen and oxygen atoms in total. The number of likely N-dealkylation sites (tertiary alicyclic amines) is 1. The zero-order valence-electron chi connectivity index (χ0n) is 18.0. The third-order valence-electron chi connectivity index (χ3n) is 6.03. The van der Waals surface area contributed by atoms with Gasteiger partial charge in [-0.25, -0.2) is 9.97 Å². The van der Waals surface area contributed by atoms with E-state index in [2.05, 4.69) is 15.3 Å². The summed E-state index contributed by atoms with van der Waals surface area (Å²) >= 11 is 0. The predicted molar refractivity (Wildman–Crippen MR) is 126 cm³/mol. The summed E-state index contributed by atoms with van der Waals surface area (Å²) in [6, 6.07) is 19.8. The highest BCUT2D eigenvalue weighted by atomic mass is 16.2. The molecular weight excluding hydrogens is 398 g/mol. The van der Waals surface area contributed by atoms with E-state index in [1.807, 2.05) is 72.5 Å². The van der Waals surface area contributed by atoms with Crippen molar-refractivity contribution in [2.75, 3.05) is 18.4 Å². The number of rotatable bonds is 4. The van der Waals surface area contributed by atoms with Crippen molar-refractivity contribution in [3.8, 4) is 0 Å². The summed E-state index contributed by atoms with van der Waals surface area (Å²) in [6.45, 7) is 3.40. The molecule has 1 fully saturated rings. The van der Waals surface area contributed by atoms with E-state index < -0.39 is 0 Å². The zero-order valence-corrected chi connectivity index (χ0v) is 18.0. The lowest BCUT2D eigenvalue weighted by atomic mass is 9.93. The number of hydrogen-bond donors (Lipinski definition) is 1. The van der Waals surface area contributed by atoms with Crippen LogP contribution in [0.25, 0.3) is 10.8 Å². The van der Waals surface area contributed by atoms with Gasteiger partial charge in [-0.2, -0.15) is 0 Å². The van der Waals surface area contributed by atoms with Crippen molar-refractivity contribution in [2.45, 2.75) is 25.7 Å². The second kappa shape index (κ2) is 8.75. The number of nitrogens with one attached hydrogen (secondary N) is 1. The topological polar surface area (TPSA) is 71.0 Å². The summed E-state index contributed by atoms with van der Waals surface area (Å²) in [6.07, 6.45) is 5.43. The normalized spacial score (nSPS) is 16.2. The Morgan fingerprint density at radius 1 is 1.00 bits per heavy atom. The molecule has 6 heteroatoms. The smallest absolute Gasteiger partial charge is 0.273 e. The Bertz CT molecular complexity index is 1270. The summed E-state index contributed by atoms with van der Waals surface area (Å²) in [5, 5.41) is 5.25. The lowest BCUT2D eigenvalue weighted by Gasteiger charge is -2.32. The van der Waals surface area contributed by atoms with E-state index in [1.54, 1.807) is 12.4 Å². The molecule has 3 aromatic heterocycles. The molecule has 5 rings (SSSR count). The number of aromatic nitrogens is 3. The van der Waals surface area contributed by atoms with Crippen LogP contribution in [0.2, 0.25) is 0 Å². The molecule has 32 heavy (non-hydrogen) atoms. The van der Waals surface area contributed by atoms with Gasteiger partial charge >= 0.3 is 0 Å². The third kappa shape index (κ3) is 4.04. The number of nitrogens with zero attached hydrogens (tertiary/aromatic N) is 4. The first-order chi connectivity index (χ1) is 15.7. The fourth-order valence-electron chi connectivity index (χ4n) is 4.33. The fourth-order valence-corrected chi connectivity index (χ4v) is 4.33. The van der Waals surface area contributed by atoms with Crippen LogP contribution in [-0.4, -0.2) is 38.8 Å².